The number of nitrogens with one attached hydrogen (secondary N) is 1. The predicted octanol–water partition coefficient (Wildman–Crippen LogP) is 3.03. The zero-order valence-electron chi connectivity index (χ0n) is 11.1. The summed E-state index contributed by atoms with van der Waals surface area (Å²) in [6.45, 7) is 8.70. The first-order chi connectivity index (χ1) is 7.93. The highest BCUT2D eigenvalue weighted by Gasteiger charge is 2.08. The van der Waals surface area contributed by atoms with Gasteiger partial charge in [-0.2, -0.15) is 0 Å². The summed E-state index contributed by atoms with van der Waals surface area (Å²) in [5, 5.41) is 3.56. The van der Waals surface area contributed by atoms with Gasteiger partial charge in [0.25, 0.3) is 0 Å². The molecule has 0 amide bonds. The van der Waals surface area contributed by atoms with E-state index in [4.69, 9.17) is 0 Å². The van der Waals surface area contributed by atoms with Crippen LogP contribution in [-0.2, 0) is 0 Å². The monoisotopic (exact) mass is 226 g/mol. The molecule has 16 heavy (non-hydrogen) atoms. The fourth-order valence-electron chi connectivity index (χ4n) is 2.41. The number of unbranched alkanes of at least 4 members (excludes halogenated alkanes) is 3. The van der Waals surface area contributed by atoms with Crippen LogP contribution in [0, 0.1) is 0 Å². The summed E-state index contributed by atoms with van der Waals surface area (Å²) in [6.07, 6.45) is 11.1. The number of hydrogen-bond acceptors (Lipinski definition) is 2. The van der Waals surface area contributed by atoms with Gasteiger partial charge < -0.3 is 10.2 Å². The third kappa shape index (κ3) is 7.24. The van der Waals surface area contributed by atoms with Crippen molar-refractivity contribution in [3.63, 3.8) is 0 Å². The first kappa shape index (κ1) is 14.0. The Labute approximate surface area is 102 Å². The second kappa shape index (κ2) is 10.1. The van der Waals surface area contributed by atoms with Crippen molar-refractivity contribution < 1.29 is 0 Å². The first-order valence-corrected chi connectivity index (χ1v) is 7.36. The number of likely N-dealkylation sites (tertiary alicyclic amines) is 1. The molecule has 0 spiro atoms. The highest BCUT2D eigenvalue weighted by molar-refractivity contribution is 4.64. The van der Waals surface area contributed by atoms with E-state index in [0.29, 0.717) is 0 Å². The summed E-state index contributed by atoms with van der Waals surface area (Å²) in [6, 6.07) is 0. The Morgan fingerprint density at radius 3 is 2.38 bits per heavy atom. The maximum absolute atomic E-state index is 3.56. The van der Waals surface area contributed by atoms with Crippen LogP contribution in [0.25, 0.3) is 0 Å². The van der Waals surface area contributed by atoms with Crippen molar-refractivity contribution >= 4 is 0 Å². The van der Waals surface area contributed by atoms with Gasteiger partial charge in [-0.3, -0.25) is 0 Å². The summed E-state index contributed by atoms with van der Waals surface area (Å²) >= 11 is 0. The van der Waals surface area contributed by atoms with Crippen LogP contribution in [-0.4, -0.2) is 37.6 Å². The lowest BCUT2D eigenvalue weighted by molar-refractivity contribution is 0.226. The zero-order valence-corrected chi connectivity index (χ0v) is 11.1. The van der Waals surface area contributed by atoms with Gasteiger partial charge in [-0.05, 0) is 58.4 Å². The highest BCUT2D eigenvalue weighted by Crippen LogP contribution is 2.08. The van der Waals surface area contributed by atoms with E-state index in [9.17, 15) is 0 Å². The maximum atomic E-state index is 3.56. The van der Waals surface area contributed by atoms with E-state index in [1.165, 1.54) is 84.1 Å². The molecule has 0 aromatic carbocycles. The molecular formula is C14H30N2. The molecule has 1 fully saturated rings. The molecule has 0 aliphatic carbocycles. The molecule has 96 valence electrons. The van der Waals surface area contributed by atoms with Gasteiger partial charge in [-0.1, -0.05) is 32.6 Å². The molecule has 0 aromatic rings. The predicted molar refractivity (Wildman–Crippen MR) is 71.9 cm³/mol. The standard InChI is InChI=1S/C14H30N2/c1-2-3-4-6-10-15-11-9-14-16-12-7-5-8-13-16/h15H,2-14H2,1H3. The van der Waals surface area contributed by atoms with Crippen LogP contribution in [0.4, 0.5) is 0 Å². The lowest BCUT2D eigenvalue weighted by Gasteiger charge is -2.26. The summed E-state index contributed by atoms with van der Waals surface area (Å²) in [5.74, 6) is 0. The second-order valence-corrected chi connectivity index (χ2v) is 5.07. The number of rotatable bonds is 9. The molecule has 0 saturated carbocycles. The Kier molecular flexibility index (Phi) is 8.83. The molecular weight excluding hydrogens is 196 g/mol. The highest BCUT2D eigenvalue weighted by atomic mass is 15.1. The van der Waals surface area contributed by atoms with E-state index >= 15 is 0 Å². The van der Waals surface area contributed by atoms with E-state index in [1.54, 1.807) is 0 Å². The van der Waals surface area contributed by atoms with Crippen LogP contribution in [0.1, 0.15) is 58.3 Å². The van der Waals surface area contributed by atoms with Crippen LogP contribution >= 0.6 is 0 Å². The maximum Gasteiger partial charge on any atom is -0.000664 e. The third-order valence-corrected chi connectivity index (χ3v) is 3.48. The smallest absolute Gasteiger partial charge is 0.000664 e. The molecule has 0 radical (unpaired) electrons. The van der Waals surface area contributed by atoms with Crippen LogP contribution in [0.2, 0.25) is 0 Å². The Morgan fingerprint density at radius 2 is 1.62 bits per heavy atom. The number of hydrogen-bond donors (Lipinski definition) is 1. The van der Waals surface area contributed by atoms with Crippen LogP contribution in [0.3, 0.4) is 0 Å². The van der Waals surface area contributed by atoms with Gasteiger partial charge >= 0.3 is 0 Å². The van der Waals surface area contributed by atoms with Crippen molar-refractivity contribution in [3.8, 4) is 0 Å². The van der Waals surface area contributed by atoms with E-state index in [-0.39, 0.29) is 0 Å². The van der Waals surface area contributed by atoms with Crippen molar-refractivity contribution in [1.82, 2.24) is 10.2 Å². The van der Waals surface area contributed by atoms with Crippen LogP contribution in [0.15, 0.2) is 0 Å². The minimum atomic E-state index is 1.21. The lowest BCUT2D eigenvalue weighted by atomic mass is 10.1. The normalized spacial score (nSPS) is 17.8. The topological polar surface area (TPSA) is 15.3 Å². The summed E-state index contributed by atoms with van der Waals surface area (Å²) in [7, 11) is 0. The minimum Gasteiger partial charge on any atom is -0.317 e. The summed E-state index contributed by atoms with van der Waals surface area (Å²) in [4.78, 5) is 2.63. The van der Waals surface area contributed by atoms with Gasteiger partial charge in [-0.15, -0.1) is 0 Å². The molecule has 0 bridgehead atoms. The minimum absolute atomic E-state index is 1.21. The Hall–Kier alpha value is -0.0800. The van der Waals surface area contributed by atoms with Crippen molar-refractivity contribution in [2.24, 2.45) is 0 Å². The second-order valence-electron chi connectivity index (χ2n) is 5.07. The van der Waals surface area contributed by atoms with Gasteiger partial charge in [0.15, 0.2) is 0 Å². The van der Waals surface area contributed by atoms with Gasteiger partial charge in [0.1, 0.15) is 0 Å². The molecule has 1 aliphatic heterocycles. The quantitative estimate of drug-likeness (QED) is 0.608. The van der Waals surface area contributed by atoms with E-state index in [2.05, 4.69) is 17.1 Å². The molecule has 2 heteroatoms. The van der Waals surface area contributed by atoms with Crippen molar-refractivity contribution in [2.75, 3.05) is 32.7 Å². The van der Waals surface area contributed by atoms with Gasteiger partial charge in [0.2, 0.25) is 0 Å². The molecule has 0 unspecified atom stereocenters. The largest absolute Gasteiger partial charge is 0.317 e. The lowest BCUT2D eigenvalue weighted by Crippen LogP contribution is -2.32. The van der Waals surface area contributed by atoms with E-state index < -0.39 is 0 Å². The SMILES string of the molecule is CCCCCCNCCCN1CCCCC1. The fourth-order valence-corrected chi connectivity index (χ4v) is 2.41. The third-order valence-electron chi connectivity index (χ3n) is 3.48. The van der Waals surface area contributed by atoms with Crippen molar-refractivity contribution in [2.45, 2.75) is 58.3 Å². The van der Waals surface area contributed by atoms with Crippen molar-refractivity contribution in [3.05, 3.63) is 0 Å². The number of piperidine rings is 1. The molecule has 1 heterocycles. The van der Waals surface area contributed by atoms with E-state index in [1.807, 2.05) is 0 Å². The molecule has 1 aliphatic rings. The Morgan fingerprint density at radius 1 is 0.875 bits per heavy atom. The summed E-state index contributed by atoms with van der Waals surface area (Å²) in [5.41, 5.74) is 0. The van der Waals surface area contributed by atoms with Gasteiger partial charge in [0, 0.05) is 0 Å². The molecule has 0 aromatic heterocycles. The molecule has 2 nitrogen and oxygen atoms in total. The molecule has 0 atom stereocenters. The molecule has 1 N–H and O–H groups in total. The van der Waals surface area contributed by atoms with E-state index in [0.717, 1.165) is 0 Å². The van der Waals surface area contributed by atoms with Gasteiger partial charge in [0.05, 0.1) is 0 Å². The van der Waals surface area contributed by atoms with Crippen LogP contribution in [0.5, 0.6) is 0 Å². The average Bonchev–Trinajstić information content (AvgIpc) is 2.34. The van der Waals surface area contributed by atoms with Crippen molar-refractivity contribution in [1.29, 1.82) is 0 Å². The number of nitrogens with zero attached hydrogens (tertiary/aromatic N) is 1. The Bertz CT molecular complexity index is 142. The summed E-state index contributed by atoms with van der Waals surface area (Å²) < 4.78 is 0. The fraction of sp³-hybridized carbons (Fsp3) is 1.00. The first-order valence-electron chi connectivity index (χ1n) is 7.36. The zero-order chi connectivity index (χ0) is 11.5. The van der Waals surface area contributed by atoms with Gasteiger partial charge in [-0.25, -0.2) is 0 Å². The molecule has 1 saturated heterocycles. The van der Waals surface area contributed by atoms with Crippen LogP contribution < -0.4 is 5.32 Å². The average molecular weight is 226 g/mol. The molecule has 1 rings (SSSR count). The Balaban J connectivity index is 1.77.